The van der Waals surface area contributed by atoms with Gasteiger partial charge in [-0.05, 0) is 42.9 Å². The highest BCUT2D eigenvalue weighted by Gasteiger charge is 2.35. The molecule has 0 heterocycles. The predicted molar refractivity (Wildman–Crippen MR) is 70.6 cm³/mol. The second kappa shape index (κ2) is 6.53. The average molecular weight is 239 g/mol. The van der Waals surface area contributed by atoms with Crippen molar-refractivity contribution in [2.45, 2.75) is 53.1 Å². The molecule has 0 aliphatic heterocycles. The Hall–Kier alpha value is -0.370. The lowest BCUT2D eigenvalue weighted by molar-refractivity contribution is -0.134. The Morgan fingerprint density at radius 3 is 2.59 bits per heavy atom. The van der Waals surface area contributed by atoms with Crippen LogP contribution >= 0.6 is 0 Å². The van der Waals surface area contributed by atoms with Crippen molar-refractivity contribution >= 4 is 5.78 Å². The second-order valence-electron chi connectivity index (χ2n) is 6.06. The van der Waals surface area contributed by atoms with Gasteiger partial charge in [0, 0.05) is 13.5 Å². The van der Waals surface area contributed by atoms with Crippen molar-refractivity contribution in [3.05, 3.63) is 6.42 Å². The van der Waals surface area contributed by atoms with Crippen LogP contribution in [0.25, 0.3) is 0 Å². The highest BCUT2D eigenvalue weighted by atomic mass is 16.5. The Morgan fingerprint density at radius 1 is 1.41 bits per heavy atom. The average Bonchev–Trinajstić information content (AvgIpc) is 2.23. The van der Waals surface area contributed by atoms with Gasteiger partial charge < -0.3 is 4.74 Å². The fraction of sp³-hybridized carbons (Fsp3) is 0.867. The van der Waals surface area contributed by atoms with Gasteiger partial charge in [0.2, 0.25) is 0 Å². The van der Waals surface area contributed by atoms with E-state index in [0.29, 0.717) is 30.1 Å². The summed E-state index contributed by atoms with van der Waals surface area (Å²) in [6.07, 6.45) is 5.07. The minimum absolute atomic E-state index is 0.202. The number of carbonyl (C=O) groups excluding carboxylic acids is 1. The second-order valence-corrected chi connectivity index (χ2v) is 6.06. The van der Waals surface area contributed by atoms with Crippen LogP contribution in [0.4, 0.5) is 0 Å². The van der Waals surface area contributed by atoms with Gasteiger partial charge in [-0.1, -0.05) is 27.7 Å². The van der Waals surface area contributed by atoms with E-state index in [2.05, 4.69) is 34.1 Å². The molecule has 0 bridgehead atoms. The van der Waals surface area contributed by atoms with Gasteiger partial charge in [-0.25, -0.2) is 0 Å². The fourth-order valence-corrected chi connectivity index (χ4v) is 2.86. The molecule has 0 spiro atoms. The third-order valence-corrected chi connectivity index (χ3v) is 3.83. The predicted octanol–water partition coefficient (Wildman–Crippen LogP) is 3.50. The molecule has 0 N–H and O–H groups in total. The van der Waals surface area contributed by atoms with Gasteiger partial charge in [-0.2, -0.15) is 0 Å². The summed E-state index contributed by atoms with van der Waals surface area (Å²) >= 11 is 0. The quantitative estimate of drug-likeness (QED) is 0.734. The SMILES string of the molecule is COC(C(=O)CC(C)C)C1CC(C)C[CH]C1C. The van der Waals surface area contributed by atoms with E-state index in [1.807, 2.05) is 0 Å². The Labute approximate surface area is 106 Å². The largest absolute Gasteiger partial charge is 0.373 e. The summed E-state index contributed by atoms with van der Waals surface area (Å²) in [6.45, 7) is 8.65. The number of carbonyl (C=O) groups is 1. The first-order valence-electron chi connectivity index (χ1n) is 6.84. The lowest BCUT2D eigenvalue weighted by Gasteiger charge is -2.36. The van der Waals surface area contributed by atoms with E-state index in [4.69, 9.17) is 4.74 Å². The van der Waals surface area contributed by atoms with Crippen molar-refractivity contribution in [1.82, 2.24) is 0 Å². The maximum Gasteiger partial charge on any atom is 0.162 e. The Bertz CT molecular complexity index is 247. The highest BCUT2D eigenvalue weighted by Crippen LogP contribution is 2.36. The van der Waals surface area contributed by atoms with Gasteiger partial charge in [0.15, 0.2) is 5.78 Å². The number of ether oxygens (including phenoxy) is 1. The van der Waals surface area contributed by atoms with Crippen molar-refractivity contribution in [2.24, 2.45) is 23.7 Å². The van der Waals surface area contributed by atoms with Crippen LogP contribution in [0.2, 0.25) is 0 Å². The topological polar surface area (TPSA) is 26.3 Å². The molecule has 1 rings (SSSR count). The maximum atomic E-state index is 12.2. The Balaban J connectivity index is 2.67. The molecule has 1 radical (unpaired) electrons. The molecule has 2 nitrogen and oxygen atoms in total. The molecule has 0 aromatic rings. The summed E-state index contributed by atoms with van der Waals surface area (Å²) in [6, 6.07) is 0. The van der Waals surface area contributed by atoms with Crippen molar-refractivity contribution in [3.8, 4) is 0 Å². The summed E-state index contributed by atoms with van der Waals surface area (Å²) in [7, 11) is 1.68. The third kappa shape index (κ3) is 4.09. The minimum Gasteiger partial charge on any atom is -0.373 e. The van der Waals surface area contributed by atoms with Crippen molar-refractivity contribution in [1.29, 1.82) is 0 Å². The number of methoxy groups -OCH3 is 1. The lowest BCUT2D eigenvalue weighted by atomic mass is 9.71. The molecule has 99 valence electrons. The fourth-order valence-electron chi connectivity index (χ4n) is 2.86. The van der Waals surface area contributed by atoms with Crippen LogP contribution in [0, 0.1) is 30.1 Å². The van der Waals surface area contributed by atoms with Gasteiger partial charge in [-0.3, -0.25) is 4.79 Å². The van der Waals surface area contributed by atoms with E-state index < -0.39 is 0 Å². The molecular weight excluding hydrogens is 212 g/mol. The van der Waals surface area contributed by atoms with Crippen molar-refractivity contribution in [2.75, 3.05) is 7.11 Å². The molecule has 4 atom stereocenters. The summed E-state index contributed by atoms with van der Waals surface area (Å²) in [5, 5.41) is 0. The minimum atomic E-state index is -0.202. The smallest absolute Gasteiger partial charge is 0.162 e. The van der Waals surface area contributed by atoms with Gasteiger partial charge >= 0.3 is 0 Å². The van der Waals surface area contributed by atoms with E-state index in [-0.39, 0.29) is 11.9 Å². The normalized spacial score (nSPS) is 31.5. The van der Waals surface area contributed by atoms with Crippen molar-refractivity contribution < 1.29 is 9.53 Å². The van der Waals surface area contributed by atoms with E-state index in [0.717, 1.165) is 6.42 Å². The first kappa shape index (κ1) is 14.7. The van der Waals surface area contributed by atoms with Gasteiger partial charge in [0.1, 0.15) is 6.10 Å². The van der Waals surface area contributed by atoms with Crippen LogP contribution in [-0.2, 0) is 9.53 Å². The monoisotopic (exact) mass is 239 g/mol. The zero-order chi connectivity index (χ0) is 13.0. The maximum absolute atomic E-state index is 12.2. The molecule has 1 aliphatic carbocycles. The number of ketones is 1. The molecular formula is C15H27O2. The molecule has 2 heteroatoms. The molecule has 1 fully saturated rings. The van der Waals surface area contributed by atoms with Crippen LogP contribution in [0.15, 0.2) is 0 Å². The van der Waals surface area contributed by atoms with E-state index in [9.17, 15) is 4.79 Å². The summed E-state index contributed by atoms with van der Waals surface area (Å²) in [5.74, 6) is 2.24. The highest BCUT2D eigenvalue weighted by molar-refractivity contribution is 5.83. The number of hydrogen-bond acceptors (Lipinski definition) is 2. The summed E-state index contributed by atoms with van der Waals surface area (Å²) in [4.78, 5) is 12.2. The number of rotatable bonds is 5. The number of hydrogen-bond donors (Lipinski definition) is 0. The van der Waals surface area contributed by atoms with Gasteiger partial charge in [0.25, 0.3) is 0 Å². The standard InChI is InChI=1S/C15H27O2/c1-10(2)8-14(16)15(17-5)13-9-11(3)6-7-12(13)4/h7,10-13,15H,6,8-9H2,1-5H3. The van der Waals surface area contributed by atoms with Crippen molar-refractivity contribution in [3.63, 3.8) is 0 Å². The van der Waals surface area contributed by atoms with Crippen LogP contribution in [-0.4, -0.2) is 19.0 Å². The van der Waals surface area contributed by atoms with E-state index in [1.165, 1.54) is 6.42 Å². The Kier molecular flexibility index (Phi) is 5.64. The molecule has 4 unspecified atom stereocenters. The van der Waals surface area contributed by atoms with Crippen LogP contribution < -0.4 is 0 Å². The first-order chi connectivity index (χ1) is 7.95. The third-order valence-electron chi connectivity index (χ3n) is 3.83. The molecule has 1 aliphatic rings. The molecule has 17 heavy (non-hydrogen) atoms. The van der Waals surface area contributed by atoms with Crippen LogP contribution in [0.1, 0.15) is 47.0 Å². The summed E-state index contributed by atoms with van der Waals surface area (Å²) < 4.78 is 5.50. The molecule has 1 saturated carbocycles. The van der Waals surface area contributed by atoms with E-state index in [1.54, 1.807) is 7.11 Å². The molecule has 0 aromatic carbocycles. The summed E-state index contributed by atoms with van der Waals surface area (Å²) in [5.41, 5.74) is 0. The van der Waals surface area contributed by atoms with E-state index >= 15 is 0 Å². The molecule has 0 amide bonds. The Morgan fingerprint density at radius 2 is 2.06 bits per heavy atom. The molecule has 0 aromatic heterocycles. The van der Waals surface area contributed by atoms with Crippen LogP contribution in [0.5, 0.6) is 0 Å². The zero-order valence-electron chi connectivity index (χ0n) is 11.9. The van der Waals surface area contributed by atoms with Gasteiger partial charge in [0.05, 0.1) is 0 Å². The van der Waals surface area contributed by atoms with Crippen LogP contribution in [0.3, 0.4) is 0 Å². The number of Topliss-reactive ketones (excluding diaryl/α,β-unsaturated/α-hetero) is 1. The lowest BCUT2D eigenvalue weighted by Crippen LogP contribution is -2.39. The molecule has 0 saturated heterocycles. The van der Waals surface area contributed by atoms with Gasteiger partial charge in [-0.15, -0.1) is 0 Å². The first-order valence-corrected chi connectivity index (χ1v) is 6.84. The zero-order valence-corrected chi connectivity index (χ0v) is 11.9.